The fraction of sp³-hybridized carbons (Fsp3) is 0.868. The molecule has 0 saturated carbocycles. The molecule has 2 atom stereocenters. The molecule has 7 heteroatoms. The Kier molecular flexibility index (Phi) is 31.9. The van der Waals surface area contributed by atoms with Crippen LogP contribution in [0.25, 0.3) is 0 Å². The number of allylic oxidation sites excluding steroid dienone is 4. The van der Waals surface area contributed by atoms with E-state index in [9.17, 15) is 22.9 Å². The summed E-state index contributed by atoms with van der Waals surface area (Å²) in [6, 6.07) is -0.975. The minimum absolute atomic E-state index is 0.260. The van der Waals surface area contributed by atoms with E-state index in [2.05, 4.69) is 43.5 Å². The van der Waals surface area contributed by atoms with E-state index in [1.54, 1.807) is 0 Å². The van der Waals surface area contributed by atoms with E-state index in [0.717, 1.165) is 64.2 Å². The van der Waals surface area contributed by atoms with Crippen LogP contribution in [0.4, 0.5) is 0 Å². The smallest absolute Gasteiger partial charge is 0.266 e. The molecule has 2 unspecified atom stereocenters. The maximum absolute atomic E-state index is 12.5. The van der Waals surface area contributed by atoms with Crippen LogP contribution >= 0.6 is 0 Å². The first-order valence-corrected chi connectivity index (χ1v) is 20.6. The molecule has 0 aliphatic rings. The predicted molar refractivity (Wildman–Crippen MR) is 193 cm³/mol. The van der Waals surface area contributed by atoms with Crippen molar-refractivity contribution >= 4 is 16.0 Å². The summed E-state index contributed by atoms with van der Waals surface area (Å²) in [5, 5.41) is 13.3. The molecule has 266 valence electrons. The van der Waals surface area contributed by atoms with E-state index in [1.807, 2.05) is 0 Å². The van der Waals surface area contributed by atoms with Crippen LogP contribution in [-0.4, -0.2) is 41.9 Å². The first kappa shape index (κ1) is 43.8. The van der Waals surface area contributed by atoms with Crippen LogP contribution in [0.15, 0.2) is 24.3 Å². The second-order valence-corrected chi connectivity index (χ2v) is 14.7. The molecule has 0 fully saturated rings. The average Bonchev–Trinajstić information content (AvgIpc) is 3.00. The van der Waals surface area contributed by atoms with Gasteiger partial charge >= 0.3 is 0 Å². The Morgan fingerprint density at radius 2 is 1.02 bits per heavy atom. The number of hydrogen-bond acceptors (Lipinski definition) is 4. The van der Waals surface area contributed by atoms with Gasteiger partial charge in [0.15, 0.2) is 0 Å². The summed E-state index contributed by atoms with van der Waals surface area (Å²) in [4.78, 5) is 12.5. The van der Waals surface area contributed by atoms with Crippen LogP contribution in [0.2, 0.25) is 0 Å². The SMILES string of the molecule is CCCC/C=C\C/C=C\CCCCCCCC(=O)NC(CS(=O)(=O)O)C(O)CCCCCCCCCCCCCCCCCC. The largest absolute Gasteiger partial charge is 0.391 e. The maximum Gasteiger partial charge on any atom is 0.266 e. The zero-order valence-corrected chi connectivity index (χ0v) is 30.3. The van der Waals surface area contributed by atoms with Gasteiger partial charge in [0.2, 0.25) is 5.91 Å². The van der Waals surface area contributed by atoms with Gasteiger partial charge in [-0.25, -0.2) is 0 Å². The fourth-order valence-electron chi connectivity index (χ4n) is 5.76. The Bertz CT molecular complexity index is 811. The lowest BCUT2D eigenvalue weighted by Crippen LogP contribution is -2.47. The van der Waals surface area contributed by atoms with Crippen molar-refractivity contribution in [2.24, 2.45) is 0 Å². The molecule has 1 amide bonds. The van der Waals surface area contributed by atoms with E-state index in [1.165, 1.54) is 103 Å². The summed E-state index contributed by atoms with van der Waals surface area (Å²) < 4.78 is 32.4. The van der Waals surface area contributed by atoms with Crippen molar-refractivity contribution in [2.45, 2.75) is 206 Å². The highest BCUT2D eigenvalue weighted by atomic mass is 32.2. The Balaban J connectivity index is 3.92. The maximum atomic E-state index is 12.5. The van der Waals surface area contributed by atoms with Gasteiger partial charge in [-0.1, -0.05) is 173 Å². The number of amides is 1. The van der Waals surface area contributed by atoms with Gasteiger partial charge in [0.05, 0.1) is 17.9 Å². The average molecular weight is 656 g/mol. The lowest BCUT2D eigenvalue weighted by Gasteiger charge is -2.23. The molecule has 0 aromatic carbocycles. The van der Waals surface area contributed by atoms with Gasteiger partial charge in [-0.15, -0.1) is 0 Å². The Morgan fingerprint density at radius 1 is 0.600 bits per heavy atom. The fourth-order valence-corrected chi connectivity index (χ4v) is 6.52. The van der Waals surface area contributed by atoms with E-state index in [0.29, 0.717) is 12.8 Å². The summed E-state index contributed by atoms with van der Waals surface area (Å²) in [5.74, 6) is -0.912. The number of aliphatic hydroxyl groups is 1. The van der Waals surface area contributed by atoms with Gasteiger partial charge in [0.25, 0.3) is 10.1 Å². The molecule has 0 rings (SSSR count). The monoisotopic (exact) mass is 656 g/mol. The van der Waals surface area contributed by atoms with Crippen LogP contribution < -0.4 is 5.32 Å². The quantitative estimate of drug-likeness (QED) is 0.0363. The molecule has 6 nitrogen and oxygen atoms in total. The van der Waals surface area contributed by atoms with Gasteiger partial charge < -0.3 is 10.4 Å². The van der Waals surface area contributed by atoms with Gasteiger partial charge in [-0.2, -0.15) is 8.42 Å². The second kappa shape index (κ2) is 32.7. The molecule has 0 aromatic heterocycles. The van der Waals surface area contributed by atoms with Crippen LogP contribution in [0.1, 0.15) is 194 Å². The molecule has 3 N–H and O–H groups in total. The summed E-state index contributed by atoms with van der Waals surface area (Å²) in [6.45, 7) is 4.47. The van der Waals surface area contributed by atoms with Gasteiger partial charge in [0.1, 0.15) is 0 Å². The molecular formula is C38H73NO5S. The molecule has 0 saturated heterocycles. The zero-order chi connectivity index (χ0) is 33.3. The second-order valence-electron chi connectivity index (χ2n) is 13.2. The minimum Gasteiger partial charge on any atom is -0.391 e. The third-order valence-electron chi connectivity index (χ3n) is 8.66. The highest BCUT2D eigenvalue weighted by Crippen LogP contribution is 2.16. The molecule has 0 aliphatic carbocycles. The first-order chi connectivity index (χ1) is 21.8. The zero-order valence-electron chi connectivity index (χ0n) is 29.5. The Labute approximate surface area is 279 Å². The third kappa shape index (κ3) is 34.0. The lowest BCUT2D eigenvalue weighted by atomic mass is 10.0. The van der Waals surface area contributed by atoms with Crippen LogP contribution in [-0.2, 0) is 14.9 Å². The van der Waals surface area contributed by atoms with Crippen LogP contribution in [0, 0.1) is 0 Å². The van der Waals surface area contributed by atoms with Gasteiger partial charge in [-0.3, -0.25) is 9.35 Å². The predicted octanol–water partition coefficient (Wildman–Crippen LogP) is 10.8. The Hall–Kier alpha value is -1.18. The molecule has 0 heterocycles. The summed E-state index contributed by atoms with van der Waals surface area (Å²) in [6.07, 6.45) is 39.7. The van der Waals surface area contributed by atoms with Crippen molar-refractivity contribution in [3.05, 3.63) is 24.3 Å². The standard InChI is InChI=1S/C38H73NO5S/c1-3-5-7-9-11-13-15-17-19-20-21-23-25-27-29-31-33-37(40)36(35-45(42,43)44)39-38(41)34-32-30-28-26-24-22-18-16-14-12-10-8-6-4-2/h10,12,16,18,36-37,40H,3-9,11,13-15,17,19-35H2,1-2H3,(H,39,41)(H,42,43,44)/b12-10-,18-16-. The number of unbranched alkanes of at least 4 members (excludes halogenated alkanes) is 22. The normalized spacial score (nSPS) is 13.6. The van der Waals surface area contributed by atoms with Crippen LogP contribution in [0.3, 0.4) is 0 Å². The molecule has 45 heavy (non-hydrogen) atoms. The number of carbonyl (C=O) groups excluding carboxylic acids is 1. The summed E-state index contributed by atoms with van der Waals surface area (Å²) >= 11 is 0. The first-order valence-electron chi connectivity index (χ1n) is 19.0. The number of aliphatic hydroxyl groups excluding tert-OH is 1. The summed E-state index contributed by atoms with van der Waals surface area (Å²) in [7, 11) is -4.31. The molecule has 0 aromatic rings. The molecular weight excluding hydrogens is 582 g/mol. The lowest BCUT2D eigenvalue weighted by molar-refractivity contribution is -0.122. The van der Waals surface area contributed by atoms with E-state index < -0.39 is 28.0 Å². The molecule has 0 bridgehead atoms. The molecule has 0 spiro atoms. The number of nitrogens with one attached hydrogen (secondary N) is 1. The number of rotatable bonds is 34. The topological polar surface area (TPSA) is 104 Å². The highest BCUT2D eigenvalue weighted by Gasteiger charge is 2.26. The van der Waals surface area contributed by atoms with E-state index in [-0.39, 0.29) is 5.91 Å². The van der Waals surface area contributed by atoms with Crippen molar-refractivity contribution in [3.8, 4) is 0 Å². The van der Waals surface area contributed by atoms with Crippen molar-refractivity contribution in [1.82, 2.24) is 5.32 Å². The van der Waals surface area contributed by atoms with E-state index >= 15 is 0 Å². The Morgan fingerprint density at radius 3 is 1.51 bits per heavy atom. The van der Waals surface area contributed by atoms with Crippen molar-refractivity contribution in [3.63, 3.8) is 0 Å². The van der Waals surface area contributed by atoms with E-state index in [4.69, 9.17) is 0 Å². The number of carbonyl (C=O) groups is 1. The number of hydrogen-bond donors (Lipinski definition) is 3. The molecule has 0 aliphatic heterocycles. The van der Waals surface area contributed by atoms with Crippen molar-refractivity contribution in [1.29, 1.82) is 0 Å². The van der Waals surface area contributed by atoms with Gasteiger partial charge in [-0.05, 0) is 38.5 Å². The van der Waals surface area contributed by atoms with Crippen molar-refractivity contribution in [2.75, 3.05) is 5.75 Å². The summed E-state index contributed by atoms with van der Waals surface area (Å²) in [5.41, 5.74) is 0. The highest BCUT2D eigenvalue weighted by molar-refractivity contribution is 7.85. The van der Waals surface area contributed by atoms with Gasteiger partial charge in [0, 0.05) is 6.42 Å². The van der Waals surface area contributed by atoms with Crippen molar-refractivity contribution < 1.29 is 22.9 Å². The van der Waals surface area contributed by atoms with Crippen LogP contribution in [0.5, 0.6) is 0 Å². The third-order valence-corrected chi connectivity index (χ3v) is 9.44. The molecule has 0 radical (unpaired) electrons. The minimum atomic E-state index is -4.31.